The summed E-state index contributed by atoms with van der Waals surface area (Å²) in [6.07, 6.45) is 4.84. The lowest BCUT2D eigenvalue weighted by molar-refractivity contribution is -0.0636. The van der Waals surface area contributed by atoms with Gasteiger partial charge in [0.05, 0.1) is 25.4 Å². The van der Waals surface area contributed by atoms with Gasteiger partial charge in [0.25, 0.3) is 0 Å². The first-order valence-corrected chi connectivity index (χ1v) is 6.21. The molecule has 0 radical (unpaired) electrons. The van der Waals surface area contributed by atoms with Gasteiger partial charge in [0.2, 0.25) is 0 Å². The lowest BCUT2D eigenvalue weighted by Crippen LogP contribution is -2.32. The fourth-order valence-corrected chi connectivity index (χ4v) is 1.91. The molecule has 4 heteroatoms. The van der Waals surface area contributed by atoms with E-state index in [9.17, 15) is 5.11 Å². The van der Waals surface area contributed by atoms with Crippen LogP contribution in [0, 0.1) is 0 Å². The molecule has 0 aliphatic heterocycles. The predicted molar refractivity (Wildman–Crippen MR) is 61.5 cm³/mol. The topological polar surface area (TPSA) is 47.9 Å². The van der Waals surface area contributed by atoms with Crippen molar-refractivity contribution in [1.82, 2.24) is 0 Å². The Morgan fingerprint density at radius 1 is 1.06 bits per heavy atom. The molecule has 96 valence electrons. The van der Waals surface area contributed by atoms with Gasteiger partial charge in [-0.05, 0) is 19.3 Å². The highest BCUT2D eigenvalue weighted by Crippen LogP contribution is 2.21. The van der Waals surface area contributed by atoms with Gasteiger partial charge >= 0.3 is 0 Å². The molecule has 0 aromatic heterocycles. The van der Waals surface area contributed by atoms with Crippen LogP contribution in [0.25, 0.3) is 0 Å². The molecule has 0 spiro atoms. The molecule has 0 bridgehead atoms. The molecule has 0 heterocycles. The molecule has 1 aliphatic rings. The first-order chi connectivity index (χ1) is 7.84. The first-order valence-electron chi connectivity index (χ1n) is 6.21. The molecule has 1 rings (SSSR count). The Balaban J connectivity index is 1.90. The molecule has 4 nitrogen and oxygen atoms in total. The lowest BCUT2D eigenvalue weighted by Gasteiger charge is -2.27. The molecule has 1 fully saturated rings. The Labute approximate surface area is 97.9 Å². The maximum atomic E-state index is 9.67. The molecule has 0 aromatic rings. The van der Waals surface area contributed by atoms with Crippen molar-refractivity contribution < 1.29 is 19.3 Å². The van der Waals surface area contributed by atoms with Crippen LogP contribution in [-0.4, -0.2) is 50.9 Å². The molecule has 0 aromatic carbocycles. The Morgan fingerprint density at radius 2 is 1.88 bits per heavy atom. The van der Waals surface area contributed by atoms with Crippen LogP contribution < -0.4 is 0 Å². The van der Waals surface area contributed by atoms with Gasteiger partial charge in [-0.1, -0.05) is 12.8 Å². The average molecular weight is 232 g/mol. The van der Waals surface area contributed by atoms with E-state index in [4.69, 9.17) is 14.2 Å². The molecule has 1 N–H and O–H groups in total. The summed E-state index contributed by atoms with van der Waals surface area (Å²) in [7, 11) is 1.66. The highest BCUT2D eigenvalue weighted by molar-refractivity contribution is 4.74. The van der Waals surface area contributed by atoms with Crippen LogP contribution in [0.15, 0.2) is 0 Å². The number of hydrogen-bond donors (Lipinski definition) is 1. The molecule has 16 heavy (non-hydrogen) atoms. The normalized spacial score (nSPS) is 25.9. The first kappa shape index (κ1) is 13.9. The van der Waals surface area contributed by atoms with Crippen molar-refractivity contribution in [2.45, 2.75) is 44.3 Å². The molecular weight excluding hydrogens is 208 g/mol. The monoisotopic (exact) mass is 232 g/mol. The fraction of sp³-hybridized carbons (Fsp3) is 1.00. The molecule has 0 saturated heterocycles. The van der Waals surface area contributed by atoms with Crippen LogP contribution in [0.1, 0.15) is 32.1 Å². The van der Waals surface area contributed by atoms with E-state index in [-0.39, 0.29) is 12.2 Å². The molecule has 0 amide bonds. The highest BCUT2D eigenvalue weighted by Gasteiger charge is 2.22. The quantitative estimate of drug-likeness (QED) is 0.642. The van der Waals surface area contributed by atoms with E-state index in [1.54, 1.807) is 7.11 Å². The molecule has 2 atom stereocenters. The maximum absolute atomic E-state index is 9.67. The lowest BCUT2D eigenvalue weighted by atomic mass is 9.95. The zero-order valence-corrected chi connectivity index (χ0v) is 10.2. The second-order valence-corrected chi connectivity index (χ2v) is 4.22. The number of aliphatic hydroxyl groups excluding tert-OH is 1. The van der Waals surface area contributed by atoms with Crippen LogP contribution >= 0.6 is 0 Å². The summed E-state index contributed by atoms with van der Waals surface area (Å²) in [6, 6.07) is 0. The minimum Gasteiger partial charge on any atom is -0.390 e. The smallest absolute Gasteiger partial charge is 0.0833 e. The minimum absolute atomic E-state index is 0.0488. The third-order valence-electron chi connectivity index (χ3n) is 2.86. The van der Waals surface area contributed by atoms with Gasteiger partial charge < -0.3 is 19.3 Å². The van der Waals surface area contributed by atoms with Gasteiger partial charge in [-0.3, -0.25) is 0 Å². The number of ether oxygens (including phenoxy) is 3. The maximum Gasteiger partial charge on any atom is 0.0833 e. The van der Waals surface area contributed by atoms with E-state index in [0.29, 0.717) is 26.4 Å². The molecule has 1 aliphatic carbocycles. The third-order valence-corrected chi connectivity index (χ3v) is 2.86. The van der Waals surface area contributed by atoms with Crippen LogP contribution in [0.2, 0.25) is 0 Å². The van der Waals surface area contributed by atoms with Crippen molar-refractivity contribution in [3.63, 3.8) is 0 Å². The van der Waals surface area contributed by atoms with Crippen molar-refractivity contribution in [3.8, 4) is 0 Å². The van der Waals surface area contributed by atoms with Crippen LogP contribution in [0.5, 0.6) is 0 Å². The molecule has 2 unspecified atom stereocenters. The summed E-state index contributed by atoms with van der Waals surface area (Å²) in [6.45, 7) is 2.66. The fourth-order valence-electron chi connectivity index (χ4n) is 1.91. The summed E-state index contributed by atoms with van der Waals surface area (Å²) >= 11 is 0. The van der Waals surface area contributed by atoms with Crippen molar-refractivity contribution >= 4 is 0 Å². The van der Waals surface area contributed by atoms with E-state index in [1.165, 1.54) is 6.42 Å². The predicted octanol–water partition coefficient (Wildman–Crippen LogP) is 1.36. The summed E-state index contributed by atoms with van der Waals surface area (Å²) in [5.74, 6) is 0. The largest absolute Gasteiger partial charge is 0.390 e. The number of hydrogen-bond acceptors (Lipinski definition) is 4. The van der Waals surface area contributed by atoms with Crippen molar-refractivity contribution in [2.24, 2.45) is 0 Å². The highest BCUT2D eigenvalue weighted by atomic mass is 16.5. The summed E-state index contributed by atoms with van der Waals surface area (Å²) in [5.41, 5.74) is 0. The van der Waals surface area contributed by atoms with Gasteiger partial charge in [0, 0.05) is 20.3 Å². The Bertz CT molecular complexity index is 163. The van der Waals surface area contributed by atoms with Gasteiger partial charge in [-0.15, -0.1) is 0 Å². The van der Waals surface area contributed by atoms with Crippen molar-refractivity contribution in [3.05, 3.63) is 0 Å². The summed E-state index contributed by atoms with van der Waals surface area (Å²) < 4.78 is 15.8. The van der Waals surface area contributed by atoms with E-state index in [0.717, 1.165) is 25.7 Å². The number of rotatable bonds is 8. The van der Waals surface area contributed by atoms with Gasteiger partial charge in [-0.25, -0.2) is 0 Å². The van der Waals surface area contributed by atoms with E-state index in [1.807, 2.05) is 0 Å². The van der Waals surface area contributed by atoms with E-state index >= 15 is 0 Å². The minimum atomic E-state index is -0.261. The summed E-state index contributed by atoms with van der Waals surface area (Å²) in [4.78, 5) is 0. The standard InChI is InChI=1S/C12H24O4/c1-14-9-10-15-7-4-8-16-12-6-3-2-5-11(12)13/h11-13H,2-10H2,1H3. The molecule has 1 saturated carbocycles. The van der Waals surface area contributed by atoms with Crippen molar-refractivity contribution in [1.29, 1.82) is 0 Å². The second kappa shape index (κ2) is 8.93. The van der Waals surface area contributed by atoms with Gasteiger partial charge in [-0.2, -0.15) is 0 Å². The Kier molecular flexibility index (Phi) is 7.76. The third kappa shape index (κ3) is 5.80. The van der Waals surface area contributed by atoms with E-state index < -0.39 is 0 Å². The van der Waals surface area contributed by atoms with Crippen molar-refractivity contribution in [2.75, 3.05) is 33.5 Å². The van der Waals surface area contributed by atoms with Crippen LogP contribution in [0.4, 0.5) is 0 Å². The Hall–Kier alpha value is -0.160. The zero-order chi connectivity index (χ0) is 11.6. The summed E-state index contributed by atoms with van der Waals surface area (Å²) in [5, 5.41) is 9.67. The van der Waals surface area contributed by atoms with Gasteiger partial charge in [0.15, 0.2) is 0 Å². The van der Waals surface area contributed by atoms with Crippen LogP contribution in [0.3, 0.4) is 0 Å². The SMILES string of the molecule is COCCOCCCOC1CCCCC1O. The molecular formula is C12H24O4. The average Bonchev–Trinajstić information content (AvgIpc) is 2.30. The van der Waals surface area contributed by atoms with Crippen LogP contribution in [-0.2, 0) is 14.2 Å². The number of aliphatic hydroxyl groups is 1. The zero-order valence-electron chi connectivity index (χ0n) is 10.2. The van der Waals surface area contributed by atoms with E-state index in [2.05, 4.69) is 0 Å². The number of methoxy groups -OCH3 is 1. The Morgan fingerprint density at radius 3 is 2.62 bits per heavy atom. The van der Waals surface area contributed by atoms with Gasteiger partial charge in [0.1, 0.15) is 0 Å². The second-order valence-electron chi connectivity index (χ2n) is 4.22.